The van der Waals surface area contributed by atoms with E-state index in [4.69, 9.17) is 9.97 Å². The fourth-order valence-electron chi connectivity index (χ4n) is 8.06. The molecule has 0 bridgehead atoms. The Kier molecular flexibility index (Phi) is 6.82. The van der Waals surface area contributed by atoms with Crippen LogP contribution in [0.4, 0.5) is 0 Å². The van der Waals surface area contributed by atoms with Crippen molar-refractivity contribution in [3.8, 4) is 45.1 Å². The average Bonchev–Trinajstić information content (AvgIpc) is 3.81. The predicted molar refractivity (Wildman–Crippen MR) is 225 cm³/mol. The Hall–Kier alpha value is -7.30. The molecule has 0 amide bonds. The highest BCUT2D eigenvalue weighted by Gasteiger charge is 2.17. The molecule has 3 heterocycles. The van der Waals surface area contributed by atoms with Gasteiger partial charge in [-0.1, -0.05) is 115 Å². The summed E-state index contributed by atoms with van der Waals surface area (Å²) in [6.45, 7) is 0. The number of nitrogens with zero attached hydrogens (tertiary/aromatic N) is 4. The van der Waals surface area contributed by atoms with E-state index >= 15 is 0 Å². The Balaban J connectivity index is 1.000. The molecule has 0 aliphatic heterocycles. The molecular weight excluding hydrogens is 657 g/mol. The second kappa shape index (κ2) is 12.1. The van der Waals surface area contributed by atoms with Gasteiger partial charge in [0.15, 0.2) is 5.82 Å². The number of benzene rings is 8. The molecule has 0 fully saturated rings. The van der Waals surface area contributed by atoms with Crippen LogP contribution < -0.4 is 0 Å². The number of para-hydroxylation sites is 3. The van der Waals surface area contributed by atoms with Gasteiger partial charge in [0, 0.05) is 50.2 Å². The fourth-order valence-corrected chi connectivity index (χ4v) is 8.06. The Morgan fingerprint density at radius 3 is 1.89 bits per heavy atom. The topological polar surface area (TPSA) is 35.6 Å². The van der Waals surface area contributed by atoms with Crippen LogP contribution in [0.3, 0.4) is 0 Å². The van der Waals surface area contributed by atoms with Crippen molar-refractivity contribution in [2.75, 3.05) is 0 Å². The Bertz CT molecular complexity index is 3190. The number of rotatable bonds is 5. The van der Waals surface area contributed by atoms with Crippen molar-refractivity contribution in [2.24, 2.45) is 0 Å². The van der Waals surface area contributed by atoms with Gasteiger partial charge in [0.2, 0.25) is 0 Å². The van der Waals surface area contributed by atoms with Crippen molar-refractivity contribution in [2.45, 2.75) is 0 Å². The Morgan fingerprint density at radius 2 is 1.04 bits per heavy atom. The van der Waals surface area contributed by atoms with Gasteiger partial charge in [-0.05, 0) is 94.7 Å². The lowest BCUT2D eigenvalue weighted by molar-refractivity contribution is 1.12. The van der Waals surface area contributed by atoms with Crippen LogP contribution in [0.25, 0.3) is 99.5 Å². The molecule has 8 aromatic carbocycles. The zero-order chi connectivity index (χ0) is 35.6. The molecule has 11 aromatic rings. The molecule has 0 aliphatic rings. The SMILES string of the molecule is c1ccc(-n2ccc3cc4c5ccccc5n(-c5ccc(-c6nc(-c7ccc(-c8ccc9ccccc9c8)cc7)c7ccccc7n6)cc5)c4cc32)cc1. The molecule has 54 heavy (non-hydrogen) atoms. The lowest BCUT2D eigenvalue weighted by Gasteiger charge is -2.12. The number of hydrogen-bond donors (Lipinski definition) is 0. The number of aromatic nitrogens is 4. The largest absolute Gasteiger partial charge is 0.316 e. The van der Waals surface area contributed by atoms with Crippen molar-refractivity contribution >= 4 is 54.4 Å². The molecule has 0 spiro atoms. The predicted octanol–water partition coefficient (Wildman–Crippen LogP) is 12.8. The standard InChI is InChI=1S/C50H32N4/c1-2-12-40(13-3-1)53-29-28-39-31-44-42-14-7-9-17-46(42)54(48(44)32-47(39)53)41-26-24-36(25-27-41)50-51-45-16-8-6-15-43(45)49(52-50)35-21-18-34(19-22-35)38-23-20-33-10-4-5-11-37(33)30-38/h1-32H. The molecule has 11 rings (SSSR count). The van der Waals surface area contributed by atoms with Crippen molar-refractivity contribution < 1.29 is 0 Å². The first kappa shape index (κ1) is 30.3. The maximum absolute atomic E-state index is 5.22. The minimum Gasteiger partial charge on any atom is -0.316 e. The first-order valence-electron chi connectivity index (χ1n) is 18.3. The fraction of sp³-hybridized carbons (Fsp3) is 0. The third kappa shape index (κ3) is 4.92. The summed E-state index contributed by atoms with van der Waals surface area (Å²) in [5, 5.41) is 7.22. The summed E-state index contributed by atoms with van der Waals surface area (Å²) in [6.07, 6.45) is 2.16. The lowest BCUT2D eigenvalue weighted by Crippen LogP contribution is -1.97. The van der Waals surface area contributed by atoms with Gasteiger partial charge in [-0.25, -0.2) is 9.97 Å². The van der Waals surface area contributed by atoms with Crippen LogP contribution in [0, 0.1) is 0 Å². The van der Waals surface area contributed by atoms with Gasteiger partial charge in [0.05, 0.1) is 27.8 Å². The average molecular weight is 689 g/mol. The van der Waals surface area contributed by atoms with Crippen LogP contribution in [0.1, 0.15) is 0 Å². The summed E-state index contributed by atoms with van der Waals surface area (Å²) in [7, 11) is 0. The summed E-state index contributed by atoms with van der Waals surface area (Å²) < 4.78 is 4.64. The third-order valence-electron chi connectivity index (χ3n) is 10.7. The molecule has 3 aromatic heterocycles. The molecule has 0 saturated carbocycles. The second-order valence-corrected chi connectivity index (χ2v) is 13.9. The minimum atomic E-state index is 0.707. The van der Waals surface area contributed by atoms with E-state index in [1.807, 2.05) is 6.07 Å². The first-order valence-corrected chi connectivity index (χ1v) is 18.3. The highest BCUT2D eigenvalue weighted by Crippen LogP contribution is 2.37. The Labute approximate surface area is 311 Å². The molecule has 0 radical (unpaired) electrons. The van der Waals surface area contributed by atoms with Gasteiger partial charge in [-0.3, -0.25) is 0 Å². The number of fused-ring (bicyclic) bond motifs is 6. The summed E-state index contributed by atoms with van der Waals surface area (Å²) in [5.41, 5.74) is 12.0. The van der Waals surface area contributed by atoms with E-state index in [-0.39, 0.29) is 0 Å². The van der Waals surface area contributed by atoms with Crippen molar-refractivity contribution in [3.05, 3.63) is 194 Å². The molecule has 4 nitrogen and oxygen atoms in total. The van der Waals surface area contributed by atoms with Crippen molar-refractivity contribution in [3.63, 3.8) is 0 Å². The van der Waals surface area contributed by atoms with Crippen molar-refractivity contribution in [1.29, 1.82) is 0 Å². The van der Waals surface area contributed by atoms with Gasteiger partial charge >= 0.3 is 0 Å². The van der Waals surface area contributed by atoms with E-state index in [1.165, 1.54) is 54.6 Å². The molecule has 252 valence electrons. The first-order chi connectivity index (χ1) is 26.7. The van der Waals surface area contributed by atoms with E-state index in [0.29, 0.717) is 5.82 Å². The molecule has 0 aliphatic carbocycles. The van der Waals surface area contributed by atoms with E-state index < -0.39 is 0 Å². The third-order valence-corrected chi connectivity index (χ3v) is 10.7. The lowest BCUT2D eigenvalue weighted by atomic mass is 9.98. The van der Waals surface area contributed by atoms with E-state index in [9.17, 15) is 0 Å². The summed E-state index contributed by atoms with van der Waals surface area (Å²) in [5.74, 6) is 0.707. The maximum atomic E-state index is 5.22. The van der Waals surface area contributed by atoms with E-state index in [2.05, 4.69) is 197 Å². The van der Waals surface area contributed by atoms with Gasteiger partial charge in [0.1, 0.15) is 0 Å². The van der Waals surface area contributed by atoms with Gasteiger partial charge in [-0.15, -0.1) is 0 Å². The molecule has 4 heteroatoms. The van der Waals surface area contributed by atoms with Crippen LogP contribution in [-0.2, 0) is 0 Å². The maximum Gasteiger partial charge on any atom is 0.160 e. The van der Waals surface area contributed by atoms with Crippen LogP contribution in [-0.4, -0.2) is 19.1 Å². The zero-order valence-corrected chi connectivity index (χ0v) is 29.3. The van der Waals surface area contributed by atoms with Gasteiger partial charge in [0.25, 0.3) is 0 Å². The second-order valence-electron chi connectivity index (χ2n) is 13.9. The monoisotopic (exact) mass is 688 g/mol. The molecule has 0 atom stereocenters. The summed E-state index contributed by atoms with van der Waals surface area (Å²) in [4.78, 5) is 10.3. The van der Waals surface area contributed by atoms with Crippen molar-refractivity contribution in [1.82, 2.24) is 19.1 Å². The molecular formula is C50H32N4. The summed E-state index contributed by atoms with van der Waals surface area (Å²) >= 11 is 0. The zero-order valence-electron chi connectivity index (χ0n) is 29.3. The van der Waals surface area contributed by atoms with Crippen LogP contribution >= 0.6 is 0 Å². The summed E-state index contributed by atoms with van der Waals surface area (Å²) in [6, 6.07) is 67.0. The minimum absolute atomic E-state index is 0.707. The van der Waals surface area contributed by atoms with E-state index in [0.717, 1.165) is 39.1 Å². The van der Waals surface area contributed by atoms with E-state index in [1.54, 1.807) is 0 Å². The highest BCUT2D eigenvalue weighted by atomic mass is 15.0. The number of hydrogen-bond acceptors (Lipinski definition) is 2. The normalized spacial score (nSPS) is 11.7. The molecule has 0 N–H and O–H groups in total. The molecule has 0 unspecified atom stereocenters. The van der Waals surface area contributed by atoms with Gasteiger partial charge < -0.3 is 9.13 Å². The van der Waals surface area contributed by atoms with Crippen LogP contribution in [0.15, 0.2) is 194 Å². The van der Waals surface area contributed by atoms with Crippen LogP contribution in [0.2, 0.25) is 0 Å². The quantitative estimate of drug-likeness (QED) is 0.180. The van der Waals surface area contributed by atoms with Crippen LogP contribution in [0.5, 0.6) is 0 Å². The molecule has 0 saturated heterocycles. The highest BCUT2D eigenvalue weighted by molar-refractivity contribution is 6.13. The van der Waals surface area contributed by atoms with Gasteiger partial charge in [-0.2, -0.15) is 0 Å². The Morgan fingerprint density at radius 1 is 0.352 bits per heavy atom. The smallest absolute Gasteiger partial charge is 0.160 e.